The van der Waals surface area contributed by atoms with Gasteiger partial charge in [0, 0.05) is 5.92 Å². The molecule has 2 atom stereocenters. The molecule has 1 amide bonds. The molecule has 0 unspecified atom stereocenters. The number of hydrogen-bond donors (Lipinski definition) is 1. The van der Waals surface area contributed by atoms with Crippen LogP contribution in [0.4, 0.5) is 4.79 Å². The molecule has 0 aromatic rings. The highest BCUT2D eigenvalue weighted by atomic mass is 28.3. The lowest BCUT2D eigenvalue weighted by Gasteiger charge is -2.34. The minimum Gasteiger partial charge on any atom is -0.444 e. The van der Waals surface area contributed by atoms with Crippen molar-refractivity contribution >= 4 is 20.1 Å². The van der Waals surface area contributed by atoms with Crippen LogP contribution in [0.3, 0.4) is 0 Å². The Morgan fingerprint density at radius 3 is 2.17 bits per heavy atom. The second kappa shape index (κ2) is 6.30. The number of alkyl carbamates (subject to hydrolysis) is 1. The number of ether oxygens (including phenoxy) is 2. The minimum atomic E-state index is -1.73. The normalized spacial score (nSPS) is 24.6. The standard InChI is InChI=1S/C17H31NO4Si/c1-11-12(10-23(8,9)17(5,6)7)21-14(19)13(11)18-15(20)22-16(2,3)4/h10-11,13H,1-9H3,(H,18,20)/b12-10-/t11-,13+/m1/s1. The van der Waals surface area contributed by atoms with Gasteiger partial charge in [-0.2, -0.15) is 0 Å². The van der Waals surface area contributed by atoms with E-state index in [1.165, 1.54) is 0 Å². The maximum atomic E-state index is 12.1. The van der Waals surface area contributed by atoms with Crippen LogP contribution < -0.4 is 5.32 Å². The van der Waals surface area contributed by atoms with E-state index in [9.17, 15) is 9.59 Å². The van der Waals surface area contributed by atoms with Gasteiger partial charge < -0.3 is 14.8 Å². The molecule has 1 rings (SSSR count). The Morgan fingerprint density at radius 1 is 1.22 bits per heavy atom. The van der Waals surface area contributed by atoms with E-state index < -0.39 is 31.8 Å². The van der Waals surface area contributed by atoms with E-state index in [-0.39, 0.29) is 11.0 Å². The molecule has 1 aliphatic rings. The molecule has 1 saturated heterocycles. The van der Waals surface area contributed by atoms with Gasteiger partial charge in [0.05, 0.1) is 8.07 Å². The van der Waals surface area contributed by atoms with Crippen LogP contribution in [0.25, 0.3) is 0 Å². The molecular weight excluding hydrogens is 310 g/mol. The molecule has 1 fully saturated rings. The van der Waals surface area contributed by atoms with Crippen LogP contribution in [-0.4, -0.2) is 31.8 Å². The number of hydrogen-bond acceptors (Lipinski definition) is 4. The highest BCUT2D eigenvalue weighted by Gasteiger charge is 2.43. The van der Waals surface area contributed by atoms with E-state index in [1.54, 1.807) is 20.8 Å². The molecule has 1 N–H and O–H groups in total. The van der Waals surface area contributed by atoms with Crippen LogP contribution in [0.1, 0.15) is 48.5 Å². The summed E-state index contributed by atoms with van der Waals surface area (Å²) in [5.41, 5.74) is 1.53. The number of nitrogens with one attached hydrogen (secondary N) is 1. The van der Waals surface area contributed by atoms with Crippen molar-refractivity contribution in [3.05, 3.63) is 11.5 Å². The summed E-state index contributed by atoms with van der Waals surface area (Å²) in [6.45, 7) is 18.3. The first kappa shape index (κ1) is 19.7. The number of carbonyl (C=O) groups excluding carboxylic acids is 2. The second-order valence-corrected chi connectivity index (χ2v) is 14.1. The summed E-state index contributed by atoms with van der Waals surface area (Å²) >= 11 is 0. The maximum Gasteiger partial charge on any atom is 0.408 e. The molecule has 0 aromatic heterocycles. The van der Waals surface area contributed by atoms with E-state index >= 15 is 0 Å². The fourth-order valence-electron chi connectivity index (χ4n) is 1.99. The van der Waals surface area contributed by atoms with Crippen molar-refractivity contribution in [1.29, 1.82) is 0 Å². The molecule has 0 saturated carbocycles. The van der Waals surface area contributed by atoms with Gasteiger partial charge in [-0.3, -0.25) is 0 Å². The van der Waals surface area contributed by atoms with E-state index in [1.807, 2.05) is 6.92 Å². The Labute approximate surface area is 140 Å². The monoisotopic (exact) mass is 341 g/mol. The van der Waals surface area contributed by atoms with E-state index in [4.69, 9.17) is 9.47 Å². The minimum absolute atomic E-state index is 0.156. The molecule has 1 aliphatic heterocycles. The van der Waals surface area contributed by atoms with Crippen LogP contribution >= 0.6 is 0 Å². The Morgan fingerprint density at radius 2 is 1.74 bits per heavy atom. The summed E-state index contributed by atoms with van der Waals surface area (Å²) in [5, 5.41) is 2.78. The first-order valence-electron chi connectivity index (χ1n) is 8.08. The highest BCUT2D eigenvalue weighted by Crippen LogP contribution is 2.39. The fraction of sp³-hybridized carbons (Fsp3) is 0.765. The van der Waals surface area contributed by atoms with Crippen LogP contribution in [0.2, 0.25) is 18.1 Å². The van der Waals surface area contributed by atoms with Crippen molar-refractivity contribution in [3.8, 4) is 0 Å². The first-order chi connectivity index (χ1) is 10.1. The number of esters is 1. The highest BCUT2D eigenvalue weighted by molar-refractivity contribution is 6.84. The van der Waals surface area contributed by atoms with Crippen LogP contribution in [0.5, 0.6) is 0 Å². The van der Waals surface area contributed by atoms with Gasteiger partial charge >= 0.3 is 12.1 Å². The topological polar surface area (TPSA) is 64.6 Å². The Hall–Kier alpha value is -1.30. The summed E-state index contributed by atoms with van der Waals surface area (Å²) in [7, 11) is -1.73. The summed E-state index contributed by atoms with van der Waals surface area (Å²) < 4.78 is 10.7. The molecule has 1 heterocycles. The zero-order valence-corrected chi connectivity index (χ0v) is 16.9. The third-order valence-corrected chi connectivity index (χ3v) is 9.40. The zero-order chi connectivity index (χ0) is 18.2. The Balaban J connectivity index is 2.89. The van der Waals surface area contributed by atoms with Crippen molar-refractivity contribution in [1.82, 2.24) is 5.32 Å². The number of carbonyl (C=O) groups is 2. The van der Waals surface area contributed by atoms with Crippen molar-refractivity contribution in [2.45, 2.75) is 78.2 Å². The van der Waals surface area contributed by atoms with Gasteiger partial charge in [-0.1, -0.05) is 46.5 Å². The molecule has 0 bridgehead atoms. The molecule has 6 heteroatoms. The van der Waals surface area contributed by atoms with Crippen molar-refractivity contribution in [2.75, 3.05) is 0 Å². The largest absolute Gasteiger partial charge is 0.444 e. The van der Waals surface area contributed by atoms with Gasteiger partial charge in [-0.25, -0.2) is 9.59 Å². The average molecular weight is 342 g/mol. The quantitative estimate of drug-likeness (QED) is 0.609. The third-order valence-electron chi connectivity index (χ3n) is 4.53. The number of rotatable bonds is 2. The van der Waals surface area contributed by atoms with Gasteiger partial charge in [-0.05, 0) is 25.8 Å². The van der Waals surface area contributed by atoms with Crippen molar-refractivity contribution < 1.29 is 19.1 Å². The van der Waals surface area contributed by atoms with Gasteiger partial charge in [-0.15, -0.1) is 0 Å². The summed E-state index contributed by atoms with van der Waals surface area (Å²) in [6, 6.07) is -0.694. The third kappa shape index (κ3) is 5.09. The Kier molecular flexibility index (Phi) is 5.41. The van der Waals surface area contributed by atoms with Crippen molar-refractivity contribution in [2.24, 2.45) is 5.92 Å². The lowest BCUT2D eigenvalue weighted by Crippen LogP contribution is -2.44. The molecular formula is C17H31NO4Si. The molecule has 0 aliphatic carbocycles. The van der Waals surface area contributed by atoms with Gasteiger partial charge in [0.15, 0.2) is 0 Å². The summed E-state index contributed by atoms with van der Waals surface area (Å²) in [4.78, 5) is 24.0. The molecule has 0 spiro atoms. The molecule has 132 valence electrons. The summed E-state index contributed by atoms with van der Waals surface area (Å²) in [6.07, 6.45) is -0.597. The molecule has 23 heavy (non-hydrogen) atoms. The van der Waals surface area contributed by atoms with Gasteiger partial charge in [0.2, 0.25) is 0 Å². The van der Waals surface area contributed by atoms with Crippen molar-refractivity contribution in [3.63, 3.8) is 0 Å². The number of cyclic esters (lactones) is 1. The molecule has 5 nitrogen and oxygen atoms in total. The fourth-order valence-corrected chi connectivity index (χ4v) is 3.46. The van der Waals surface area contributed by atoms with Gasteiger partial charge in [0.1, 0.15) is 17.4 Å². The van der Waals surface area contributed by atoms with E-state index in [0.717, 1.165) is 0 Å². The van der Waals surface area contributed by atoms with Crippen LogP contribution in [0.15, 0.2) is 11.5 Å². The molecule has 0 aromatic carbocycles. The number of amides is 1. The summed E-state index contributed by atoms with van der Waals surface area (Å²) in [5.74, 6) is 0.0557. The second-order valence-electron chi connectivity index (χ2n) is 8.85. The average Bonchev–Trinajstić information content (AvgIpc) is 2.52. The lowest BCUT2D eigenvalue weighted by molar-refractivity contribution is -0.137. The van der Waals surface area contributed by atoms with Crippen LogP contribution in [0, 0.1) is 5.92 Å². The first-order valence-corrected chi connectivity index (χ1v) is 11.2. The maximum absolute atomic E-state index is 12.1. The molecule has 0 radical (unpaired) electrons. The van der Waals surface area contributed by atoms with Gasteiger partial charge in [0.25, 0.3) is 0 Å². The smallest absolute Gasteiger partial charge is 0.408 e. The Bertz CT molecular complexity index is 512. The predicted molar refractivity (Wildman–Crippen MR) is 93.7 cm³/mol. The SMILES string of the molecule is C[C@@H]1/C(=C/[Si](C)(C)C(C)(C)C)OC(=O)[C@H]1NC(=O)OC(C)(C)C. The zero-order valence-electron chi connectivity index (χ0n) is 15.9. The lowest BCUT2D eigenvalue weighted by atomic mass is 10.0. The van der Waals surface area contributed by atoms with E-state index in [0.29, 0.717) is 5.76 Å². The van der Waals surface area contributed by atoms with Crippen LogP contribution in [-0.2, 0) is 14.3 Å². The van der Waals surface area contributed by atoms with E-state index in [2.05, 4.69) is 44.9 Å². The predicted octanol–water partition coefficient (Wildman–Crippen LogP) is 4.00.